The molecule has 1 aromatic rings. The van der Waals surface area contributed by atoms with Gasteiger partial charge in [0.15, 0.2) is 0 Å². The van der Waals surface area contributed by atoms with Gasteiger partial charge >= 0.3 is 0 Å². The van der Waals surface area contributed by atoms with Gasteiger partial charge in [-0.2, -0.15) is 0 Å². The summed E-state index contributed by atoms with van der Waals surface area (Å²) in [6.45, 7) is 1.05. The van der Waals surface area contributed by atoms with Crippen molar-refractivity contribution in [2.24, 2.45) is 5.92 Å². The topological polar surface area (TPSA) is 78.5 Å². The molecule has 4 rings (SSSR count). The molecule has 2 saturated heterocycles. The molecule has 132 valence electrons. The normalized spacial score (nSPS) is 25.7. The van der Waals surface area contributed by atoms with Gasteiger partial charge in [-0.15, -0.1) is 0 Å². The summed E-state index contributed by atoms with van der Waals surface area (Å²) in [5.74, 6) is -0.736. The monoisotopic (exact) mass is 341 g/mol. The predicted octanol–water partition coefficient (Wildman–Crippen LogP) is 0.923. The summed E-state index contributed by atoms with van der Waals surface area (Å²) in [7, 11) is 0. The SMILES string of the molecule is O=C(N[C@H]1CCCNC1=O)[C@H]1CC(=O)N(c2ccc3c(c2)CCC3)C1. The summed E-state index contributed by atoms with van der Waals surface area (Å²) in [5, 5.41) is 5.58. The number of nitrogens with zero attached hydrogens (tertiary/aromatic N) is 1. The average molecular weight is 341 g/mol. The van der Waals surface area contributed by atoms with Crippen LogP contribution in [-0.4, -0.2) is 36.9 Å². The van der Waals surface area contributed by atoms with Crippen molar-refractivity contribution in [3.8, 4) is 0 Å². The third kappa shape index (κ3) is 3.13. The van der Waals surface area contributed by atoms with Crippen LogP contribution in [0, 0.1) is 5.92 Å². The Labute approximate surface area is 147 Å². The third-order valence-electron chi connectivity index (χ3n) is 5.49. The Morgan fingerprint density at radius 2 is 2.00 bits per heavy atom. The van der Waals surface area contributed by atoms with Gasteiger partial charge < -0.3 is 15.5 Å². The molecule has 0 spiro atoms. The van der Waals surface area contributed by atoms with Crippen LogP contribution in [0.3, 0.4) is 0 Å². The minimum absolute atomic E-state index is 0.0220. The van der Waals surface area contributed by atoms with Crippen LogP contribution in [0.1, 0.15) is 36.8 Å². The van der Waals surface area contributed by atoms with Crippen LogP contribution in [-0.2, 0) is 27.2 Å². The number of amides is 3. The molecule has 1 aliphatic carbocycles. The minimum Gasteiger partial charge on any atom is -0.354 e. The second-order valence-electron chi connectivity index (χ2n) is 7.21. The van der Waals surface area contributed by atoms with E-state index < -0.39 is 12.0 Å². The van der Waals surface area contributed by atoms with E-state index in [9.17, 15) is 14.4 Å². The largest absolute Gasteiger partial charge is 0.354 e. The standard InChI is InChI=1S/C19H23N3O3/c23-17-10-14(18(24)21-16-5-2-8-20-19(16)25)11-22(17)15-7-6-12-3-1-4-13(12)9-15/h6-7,9,14,16H,1-5,8,10-11H2,(H,20,25)(H,21,24)/t14-,16-/m0/s1. The summed E-state index contributed by atoms with van der Waals surface area (Å²) >= 11 is 0. The molecule has 3 aliphatic rings. The van der Waals surface area contributed by atoms with Gasteiger partial charge in [0.2, 0.25) is 17.7 Å². The molecular weight excluding hydrogens is 318 g/mol. The number of hydrogen-bond acceptors (Lipinski definition) is 3. The van der Waals surface area contributed by atoms with Crippen LogP contribution < -0.4 is 15.5 Å². The maximum atomic E-state index is 12.5. The van der Waals surface area contributed by atoms with Crippen molar-refractivity contribution in [3.05, 3.63) is 29.3 Å². The number of fused-ring (bicyclic) bond motifs is 1. The molecule has 2 fully saturated rings. The molecule has 2 N–H and O–H groups in total. The minimum atomic E-state index is -0.467. The predicted molar refractivity (Wildman–Crippen MR) is 93.1 cm³/mol. The van der Waals surface area contributed by atoms with Gasteiger partial charge in [0.25, 0.3) is 0 Å². The van der Waals surface area contributed by atoms with Crippen molar-refractivity contribution >= 4 is 23.4 Å². The molecule has 6 heteroatoms. The van der Waals surface area contributed by atoms with Crippen LogP contribution in [0.5, 0.6) is 0 Å². The fourth-order valence-electron chi connectivity index (χ4n) is 4.06. The van der Waals surface area contributed by atoms with Crippen molar-refractivity contribution in [3.63, 3.8) is 0 Å². The van der Waals surface area contributed by atoms with Crippen LogP contribution in [0.15, 0.2) is 18.2 Å². The molecular formula is C19H23N3O3. The Balaban J connectivity index is 1.43. The van der Waals surface area contributed by atoms with Crippen molar-refractivity contribution in [2.45, 2.75) is 44.6 Å². The number of rotatable bonds is 3. The molecule has 0 unspecified atom stereocenters. The summed E-state index contributed by atoms with van der Waals surface area (Å²) in [6, 6.07) is 5.71. The van der Waals surface area contributed by atoms with Gasteiger partial charge in [-0.1, -0.05) is 6.07 Å². The molecule has 1 aromatic carbocycles. The summed E-state index contributed by atoms with van der Waals surface area (Å²) in [6.07, 6.45) is 5.07. The number of anilines is 1. The number of nitrogens with one attached hydrogen (secondary N) is 2. The lowest BCUT2D eigenvalue weighted by Gasteiger charge is -2.24. The van der Waals surface area contributed by atoms with E-state index in [-0.39, 0.29) is 24.1 Å². The van der Waals surface area contributed by atoms with Crippen molar-refractivity contribution in [1.29, 1.82) is 0 Å². The van der Waals surface area contributed by atoms with Crippen LogP contribution in [0.2, 0.25) is 0 Å². The zero-order chi connectivity index (χ0) is 17.4. The van der Waals surface area contributed by atoms with Crippen molar-refractivity contribution < 1.29 is 14.4 Å². The van der Waals surface area contributed by atoms with E-state index in [4.69, 9.17) is 0 Å². The smallest absolute Gasteiger partial charge is 0.242 e. The second-order valence-corrected chi connectivity index (χ2v) is 7.21. The van der Waals surface area contributed by atoms with Gasteiger partial charge in [0.05, 0.1) is 5.92 Å². The first-order valence-electron chi connectivity index (χ1n) is 9.12. The van der Waals surface area contributed by atoms with E-state index in [1.54, 1.807) is 4.90 Å². The second kappa shape index (κ2) is 6.50. The van der Waals surface area contributed by atoms with Crippen LogP contribution in [0.4, 0.5) is 5.69 Å². The molecule has 0 saturated carbocycles. The number of hydrogen-bond donors (Lipinski definition) is 2. The Hall–Kier alpha value is -2.37. The molecule has 3 amide bonds. The Bertz CT molecular complexity index is 731. The van der Waals surface area contributed by atoms with E-state index in [2.05, 4.69) is 22.8 Å². The van der Waals surface area contributed by atoms with Gasteiger partial charge in [0, 0.05) is 25.2 Å². The van der Waals surface area contributed by atoms with Gasteiger partial charge in [-0.25, -0.2) is 0 Å². The fraction of sp³-hybridized carbons (Fsp3) is 0.526. The zero-order valence-electron chi connectivity index (χ0n) is 14.2. The Morgan fingerprint density at radius 1 is 1.16 bits per heavy atom. The molecule has 0 aromatic heterocycles. The lowest BCUT2D eigenvalue weighted by Crippen LogP contribution is -2.51. The summed E-state index contributed by atoms with van der Waals surface area (Å²) < 4.78 is 0. The first kappa shape index (κ1) is 16.1. The van der Waals surface area contributed by atoms with E-state index in [0.717, 1.165) is 24.9 Å². The lowest BCUT2D eigenvalue weighted by atomic mass is 10.0. The average Bonchev–Trinajstić information content (AvgIpc) is 3.22. The number of carbonyl (C=O) groups excluding carboxylic acids is 3. The maximum absolute atomic E-state index is 12.5. The molecule has 0 bridgehead atoms. The first-order chi connectivity index (χ1) is 12.1. The molecule has 2 aliphatic heterocycles. The highest BCUT2D eigenvalue weighted by Crippen LogP contribution is 2.30. The first-order valence-corrected chi connectivity index (χ1v) is 9.12. The lowest BCUT2D eigenvalue weighted by molar-refractivity contribution is -0.132. The van der Waals surface area contributed by atoms with Gasteiger partial charge in [0.1, 0.15) is 6.04 Å². The van der Waals surface area contributed by atoms with E-state index in [1.807, 2.05) is 6.07 Å². The highest BCUT2D eigenvalue weighted by atomic mass is 16.2. The fourth-order valence-corrected chi connectivity index (χ4v) is 4.06. The highest BCUT2D eigenvalue weighted by molar-refractivity contribution is 6.01. The number of piperidine rings is 1. The van der Waals surface area contributed by atoms with Crippen molar-refractivity contribution in [2.75, 3.05) is 18.0 Å². The maximum Gasteiger partial charge on any atom is 0.242 e. The Morgan fingerprint density at radius 3 is 2.84 bits per heavy atom. The van der Waals surface area contributed by atoms with Gasteiger partial charge in [-0.05, 0) is 55.4 Å². The van der Waals surface area contributed by atoms with Crippen molar-refractivity contribution in [1.82, 2.24) is 10.6 Å². The Kier molecular flexibility index (Phi) is 4.19. The molecule has 2 heterocycles. The van der Waals surface area contributed by atoms with E-state index >= 15 is 0 Å². The molecule has 2 atom stereocenters. The highest BCUT2D eigenvalue weighted by Gasteiger charge is 2.37. The molecule has 6 nitrogen and oxygen atoms in total. The van der Waals surface area contributed by atoms with E-state index in [1.165, 1.54) is 17.5 Å². The van der Waals surface area contributed by atoms with Crippen LogP contribution >= 0.6 is 0 Å². The quantitative estimate of drug-likeness (QED) is 0.858. The summed E-state index contributed by atoms with van der Waals surface area (Å²) in [4.78, 5) is 38.4. The zero-order valence-corrected chi connectivity index (χ0v) is 14.2. The van der Waals surface area contributed by atoms with Gasteiger partial charge in [-0.3, -0.25) is 14.4 Å². The number of aryl methyl sites for hydroxylation is 2. The van der Waals surface area contributed by atoms with E-state index in [0.29, 0.717) is 19.5 Å². The molecule has 25 heavy (non-hydrogen) atoms. The summed E-state index contributed by atoms with van der Waals surface area (Å²) in [5.41, 5.74) is 3.57. The molecule has 0 radical (unpaired) electrons. The number of benzene rings is 1. The third-order valence-corrected chi connectivity index (χ3v) is 5.49. The number of carbonyl (C=O) groups is 3. The van der Waals surface area contributed by atoms with Crippen LogP contribution in [0.25, 0.3) is 0 Å².